The molecular formula is C11H14ClN9O2. The first kappa shape index (κ1) is 17.8. The summed E-state index contributed by atoms with van der Waals surface area (Å²) in [5, 5.41) is 25.9. The molecule has 1 aliphatic carbocycles. The normalized spacial score (nSPS) is 16.5. The molecule has 8 N–H and O–H groups in total. The van der Waals surface area contributed by atoms with Gasteiger partial charge in [-0.15, -0.1) is 32.8 Å². The molecule has 2 rings (SSSR count). The van der Waals surface area contributed by atoms with E-state index >= 15 is 0 Å². The van der Waals surface area contributed by atoms with Crippen molar-refractivity contribution >= 4 is 35.7 Å². The summed E-state index contributed by atoms with van der Waals surface area (Å²) in [7, 11) is 0. The molecule has 12 heteroatoms. The Bertz CT molecular complexity index is 678. The van der Waals surface area contributed by atoms with Crippen molar-refractivity contribution in [2.75, 3.05) is 0 Å². The molecular weight excluding hydrogens is 326 g/mol. The highest BCUT2D eigenvalue weighted by Gasteiger charge is 2.44. The van der Waals surface area contributed by atoms with Crippen LogP contribution in [0.3, 0.4) is 0 Å². The minimum Gasteiger partial charge on any atom is -0.369 e. The molecule has 0 saturated carbocycles. The van der Waals surface area contributed by atoms with Crippen LogP contribution >= 0.6 is 12.4 Å². The van der Waals surface area contributed by atoms with Gasteiger partial charge in [-0.3, -0.25) is 10.1 Å². The molecule has 0 heterocycles. The van der Waals surface area contributed by atoms with Crippen molar-refractivity contribution in [3.63, 3.8) is 0 Å². The van der Waals surface area contributed by atoms with E-state index in [0.29, 0.717) is 11.1 Å². The van der Waals surface area contributed by atoms with Crippen LogP contribution in [-0.2, 0) is 0 Å². The van der Waals surface area contributed by atoms with Gasteiger partial charge in [0.05, 0.1) is 0 Å². The van der Waals surface area contributed by atoms with Crippen molar-refractivity contribution in [3.8, 4) is 0 Å². The number of nitro groups is 1. The standard InChI is InChI=1S/C11H13N9O2.ClH/c12-10(13)18-16-7-5-3-1-2-4-6(5)8(9(7)20(21)22)17-19-11(14)15;/h1-4,9H,(H4,12,13,18)(H4,14,15,19);1H/b16-7-,17-8-;. The Morgan fingerprint density at radius 1 is 0.957 bits per heavy atom. The fourth-order valence-electron chi connectivity index (χ4n) is 1.99. The van der Waals surface area contributed by atoms with Crippen LogP contribution in [-0.4, -0.2) is 34.3 Å². The Morgan fingerprint density at radius 3 is 1.65 bits per heavy atom. The van der Waals surface area contributed by atoms with Crippen LogP contribution in [0, 0.1) is 10.1 Å². The summed E-state index contributed by atoms with van der Waals surface area (Å²) in [5.41, 5.74) is 21.9. The SMILES string of the molecule is Cl.NC(N)=N/N=C1/c2ccccc2/C(=N/N=C(N)N)C1[N+](=O)[O-]. The maximum Gasteiger partial charge on any atom is 0.301 e. The molecule has 0 saturated heterocycles. The third-order valence-electron chi connectivity index (χ3n) is 2.75. The Balaban J connectivity index is 0.00000264. The lowest BCUT2D eigenvalue weighted by atomic mass is 10.1. The molecule has 1 aromatic carbocycles. The van der Waals surface area contributed by atoms with Crippen molar-refractivity contribution in [2.24, 2.45) is 43.3 Å². The van der Waals surface area contributed by atoms with E-state index in [1.807, 2.05) is 0 Å². The molecule has 0 unspecified atom stereocenters. The van der Waals surface area contributed by atoms with E-state index in [1.165, 1.54) is 0 Å². The third kappa shape index (κ3) is 3.71. The maximum atomic E-state index is 11.4. The lowest BCUT2D eigenvalue weighted by Crippen LogP contribution is -2.33. The molecule has 1 aliphatic rings. The number of halogens is 1. The van der Waals surface area contributed by atoms with E-state index < -0.39 is 11.0 Å². The second-order valence-electron chi connectivity index (χ2n) is 4.25. The summed E-state index contributed by atoms with van der Waals surface area (Å²) in [6, 6.07) is 5.31. The zero-order valence-electron chi connectivity index (χ0n) is 11.7. The van der Waals surface area contributed by atoms with Crippen LogP contribution in [0.25, 0.3) is 0 Å². The number of hydrogen-bond acceptors (Lipinski definition) is 6. The Morgan fingerprint density at radius 2 is 1.35 bits per heavy atom. The average Bonchev–Trinajstić information content (AvgIpc) is 2.77. The van der Waals surface area contributed by atoms with Gasteiger partial charge in [-0.05, 0) is 0 Å². The van der Waals surface area contributed by atoms with Crippen molar-refractivity contribution in [1.82, 2.24) is 0 Å². The van der Waals surface area contributed by atoms with Gasteiger partial charge in [0.2, 0.25) is 11.9 Å². The van der Waals surface area contributed by atoms with Gasteiger partial charge in [-0.1, -0.05) is 24.3 Å². The first-order chi connectivity index (χ1) is 10.4. The van der Waals surface area contributed by atoms with Gasteiger partial charge in [0, 0.05) is 16.1 Å². The van der Waals surface area contributed by atoms with Crippen LogP contribution in [0.4, 0.5) is 0 Å². The van der Waals surface area contributed by atoms with Crippen LogP contribution < -0.4 is 22.9 Å². The monoisotopic (exact) mass is 339 g/mol. The summed E-state index contributed by atoms with van der Waals surface area (Å²) >= 11 is 0. The second kappa shape index (κ2) is 7.17. The molecule has 0 fully saturated rings. The Hall–Kier alpha value is -3.21. The molecule has 0 amide bonds. The lowest BCUT2D eigenvalue weighted by molar-refractivity contribution is -0.483. The van der Waals surface area contributed by atoms with Gasteiger partial charge in [0.1, 0.15) is 0 Å². The molecule has 0 spiro atoms. The maximum absolute atomic E-state index is 11.4. The smallest absolute Gasteiger partial charge is 0.301 e. The third-order valence-corrected chi connectivity index (χ3v) is 2.75. The summed E-state index contributed by atoms with van der Waals surface area (Å²) in [5.74, 6) is -0.636. The minimum absolute atomic E-state index is 0. The molecule has 23 heavy (non-hydrogen) atoms. The fourth-order valence-corrected chi connectivity index (χ4v) is 1.99. The van der Waals surface area contributed by atoms with Gasteiger partial charge >= 0.3 is 6.04 Å². The van der Waals surface area contributed by atoms with Crippen molar-refractivity contribution in [1.29, 1.82) is 0 Å². The molecule has 1 aromatic rings. The molecule has 122 valence electrons. The zero-order chi connectivity index (χ0) is 16.3. The van der Waals surface area contributed by atoms with Crippen LogP contribution in [0.15, 0.2) is 44.7 Å². The summed E-state index contributed by atoms with van der Waals surface area (Å²) in [6.45, 7) is 0. The Labute approximate surface area is 136 Å². The van der Waals surface area contributed by atoms with Crippen molar-refractivity contribution in [3.05, 3.63) is 45.5 Å². The molecule has 0 aliphatic heterocycles. The number of nitrogens with two attached hydrogens (primary N) is 4. The summed E-state index contributed by atoms with van der Waals surface area (Å²) in [6.07, 6.45) is 0. The predicted molar refractivity (Wildman–Crippen MR) is 89.2 cm³/mol. The van der Waals surface area contributed by atoms with E-state index in [4.69, 9.17) is 22.9 Å². The topological polar surface area (TPSA) is 197 Å². The predicted octanol–water partition coefficient (Wildman–Crippen LogP) is -1.28. The fraction of sp³-hybridized carbons (Fsp3) is 0.0909. The van der Waals surface area contributed by atoms with Gasteiger partial charge in [-0.25, -0.2) is 0 Å². The molecule has 0 atom stereocenters. The van der Waals surface area contributed by atoms with E-state index in [2.05, 4.69) is 20.4 Å². The van der Waals surface area contributed by atoms with E-state index in [-0.39, 0.29) is 35.7 Å². The van der Waals surface area contributed by atoms with Gasteiger partial charge in [0.25, 0.3) is 0 Å². The van der Waals surface area contributed by atoms with E-state index in [1.54, 1.807) is 24.3 Å². The summed E-state index contributed by atoms with van der Waals surface area (Å²) < 4.78 is 0. The van der Waals surface area contributed by atoms with E-state index in [0.717, 1.165) is 0 Å². The van der Waals surface area contributed by atoms with Crippen LogP contribution in [0.1, 0.15) is 11.1 Å². The number of hydrogen-bond donors (Lipinski definition) is 4. The zero-order valence-corrected chi connectivity index (χ0v) is 12.5. The molecule has 0 aromatic heterocycles. The number of nitrogens with zero attached hydrogens (tertiary/aromatic N) is 5. The quantitative estimate of drug-likeness (QED) is 0.229. The van der Waals surface area contributed by atoms with Gasteiger partial charge < -0.3 is 22.9 Å². The van der Waals surface area contributed by atoms with Crippen LogP contribution in [0.5, 0.6) is 0 Å². The Kier molecular flexibility index (Phi) is 5.57. The van der Waals surface area contributed by atoms with Gasteiger partial charge in [0.15, 0.2) is 11.4 Å². The highest BCUT2D eigenvalue weighted by molar-refractivity contribution is 6.32. The largest absolute Gasteiger partial charge is 0.369 e. The highest BCUT2D eigenvalue weighted by atomic mass is 35.5. The van der Waals surface area contributed by atoms with Crippen molar-refractivity contribution in [2.45, 2.75) is 6.04 Å². The molecule has 0 radical (unpaired) electrons. The number of guanidine groups is 2. The molecule has 11 nitrogen and oxygen atoms in total. The summed E-state index contributed by atoms with van der Waals surface area (Å²) in [4.78, 5) is 10.8. The first-order valence-corrected chi connectivity index (χ1v) is 5.98. The van der Waals surface area contributed by atoms with E-state index in [9.17, 15) is 10.1 Å². The number of fused-ring (bicyclic) bond motifs is 1. The lowest BCUT2D eigenvalue weighted by Gasteiger charge is -2.02. The minimum atomic E-state index is -1.37. The van der Waals surface area contributed by atoms with Crippen molar-refractivity contribution < 1.29 is 4.92 Å². The number of rotatable bonds is 3. The number of benzene rings is 1. The van der Waals surface area contributed by atoms with Gasteiger partial charge in [-0.2, -0.15) is 0 Å². The second-order valence-corrected chi connectivity index (χ2v) is 4.25. The van der Waals surface area contributed by atoms with Crippen LogP contribution in [0.2, 0.25) is 0 Å². The first-order valence-electron chi connectivity index (χ1n) is 5.98. The highest BCUT2D eigenvalue weighted by Crippen LogP contribution is 2.26. The molecule has 0 bridgehead atoms. The average molecular weight is 340 g/mol.